The molecule has 150 valence electrons. The van der Waals surface area contributed by atoms with Crippen LogP contribution in [0.1, 0.15) is 18.9 Å². The van der Waals surface area contributed by atoms with Gasteiger partial charge < -0.3 is 10.0 Å². The van der Waals surface area contributed by atoms with Crippen LogP contribution < -0.4 is 0 Å². The molecule has 1 amide bonds. The lowest BCUT2D eigenvalue weighted by molar-refractivity contribution is -0.192. The quantitative estimate of drug-likeness (QED) is 0.783. The summed E-state index contributed by atoms with van der Waals surface area (Å²) in [6.45, 7) is 10.5. The van der Waals surface area contributed by atoms with E-state index in [0.717, 1.165) is 32.6 Å². The highest BCUT2D eigenvalue weighted by molar-refractivity contribution is 7.07. The molecule has 2 saturated heterocycles. The minimum atomic E-state index is -5.08. The second-order valence-corrected chi connectivity index (χ2v) is 7.73. The molecule has 0 radical (unpaired) electrons. The highest BCUT2D eigenvalue weighted by atomic mass is 32.1. The third-order valence-electron chi connectivity index (χ3n) is 5.10. The first-order chi connectivity index (χ1) is 12.6. The van der Waals surface area contributed by atoms with Crippen molar-refractivity contribution in [1.82, 2.24) is 9.80 Å². The van der Waals surface area contributed by atoms with E-state index in [1.54, 1.807) is 11.3 Å². The molecule has 3 rings (SSSR count). The summed E-state index contributed by atoms with van der Waals surface area (Å²) in [7, 11) is 0. The van der Waals surface area contributed by atoms with Crippen molar-refractivity contribution in [1.29, 1.82) is 0 Å². The van der Waals surface area contributed by atoms with Crippen molar-refractivity contribution >= 4 is 23.2 Å². The lowest BCUT2D eigenvalue weighted by atomic mass is 9.78. The zero-order chi connectivity index (χ0) is 20.2. The fraction of sp³-hybridized carbons (Fsp3) is 0.556. The number of thiophene rings is 1. The van der Waals surface area contributed by atoms with Crippen LogP contribution in [0, 0.1) is 11.3 Å². The molecule has 0 unspecified atom stereocenters. The van der Waals surface area contributed by atoms with E-state index in [1.807, 2.05) is 11.0 Å². The molecule has 0 saturated carbocycles. The SMILES string of the molecule is C=CCN1CC[C@]2(CN(Cc3ccsc3)C[C@H]2C)C1=O.O=C(O)C(F)(F)F. The number of nitrogens with zero attached hydrogens (tertiary/aromatic N) is 2. The second-order valence-electron chi connectivity index (χ2n) is 6.95. The van der Waals surface area contributed by atoms with Gasteiger partial charge in [0.2, 0.25) is 5.91 Å². The summed E-state index contributed by atoms with van der Waals surface area (Å²) in [4.78, 5) is 26.0. The van der Waals surface area contributed by atoms with E-state index in [1.165, 1.54) is 5.56 Å². The molecule has 27 heavy (non-hydrogen) atoms. The topological polar surface area (TPSA) is 60.9 Å². The average molecular weight is 404 g/mol. The Balaban J connectivity index is 0.000000321. The normalized spacial score (nSPS) is 25.6. The standard InChI is InChI=1S/C16H22N2OS.C2HF3O2/c1-3-6-18-7-5-16(15(18)19)12-17(9-13(16)2)10-14-4-8-20-11-14;3-2(4,5)1(6)7/h3-4,8,11,13H,1,5-7,9-10,12H2,2H3;(H,6,7)/t13-,16-;/m1./s1. The Morgan fingerprint density at radius 3 is 2.70 bits per heavy atom. The molecule has 2 fully saturated rings. The molecule has 9 heteroatoms. The van der Waals surface area contributed by atoms with Crippen LogP contribution in [0.3, 0.4) is 0 Å². The van der Waals surface area contributed by atoms with Gasteiger partial charge in [0.25, 0.3) is 0 Å². The van der Waals surface area contributed by atoms with Crippen LogP contribution in [0.25, 0.3) is 0 Å². The van der Waals surface area contributed by atoms with Crippen molar-refractivity contribution in [2.24, 2.45) is 11.3 Å². The maximum Gasteiger partial charge on any atom is 0.490 e. The Bertz CT molecular complexity index is 678. The number of carbonyl (C=O) groups is 2. The van der Waals surface area contributed by atoms with Crippen LogP contribution >= 0.6 is 11.3 Å². The highest BCUT2D eigenvalue weighted by Crippen LogP contribution is 2.45. The molecule has 2 aliphatic heterocycles. The van der Waals surface area contributed by atoms with Gasteiger partial charge in [0.05, 0.1) is 5.41 Å². The molecule has 1 aromatic rings. The molecule has 1 aromatic heterocycles. The molecule has 1 N–H and O–H groups in total. The molecule has 3 heterocycles. The molecule has 0 bridgehead atoms. The number of likely N-dealkylation sites (tertiary alicyclic amines) is 2. The maximum atomic E-state index is 12.7. The molecular formula is C18H23F3N2O3S. The summed E-state index contributed by atoms with van der Waals surface area (Å²) in [5.74, 6) is -1.96. The monoisotopic (exact) mass is 404 g/mol. The number of amides is 1. The fourth-order valence-electron chi connectivity index (χ4n) is 3.73. The summed E-state index contributed by atoms with van der Waals surface area (Å²) >= 11 is 1.74. The Kier molecular flexibility index (Phi) is 6.69. The van der Waals surface area contributed by atoms with Crippen LogP contribution in [-0.4, -0.2) is 59.1 Å². The molecule has 0 aliphatic carbocycles. The summed E-state index contributed by atoms with van der Waals surface area (Å²) in [6.07, 6.45) is -2.25. The average Bonchev–Trinajstić information content (AvgIpc) is 3.26. The minimum absolute atomic E-state index is 0.140. The van der Waals surface area contributed by atoms with Crippen molar-refractivity contribution in [3.8, 4) is 0 Å². The Morgan fingerprint density at radius 2 is 2.19 bits per heavy atom. The Morgan fingerprint density at radius 1 is 1.52 bits per heavy atom. The van der Waals surface area contributed by atoms with Gasteiger partial charge in [-0.25, -0.2) is 4.79 Å². The number of rotatable bonds is 4. The summed E-state index contributed by atoms with van der Waals surface area (Å²) < 4.78 is 31.7. The smallest absolute Gasteiger partial charge is 0.475 e. The van der Waals surface area contributed by atoms with Gasteiger partial charge in [-0.2, -0.15) is 24.5 Å². The van der Waals surface area contributed by atoms with E-state index < -0.39 is 12.1 Å². The van der Waals surface area contributed by atoms with Gasteiger partial charge in [0.15, 0.2) is 0 Å². The number of carboxylic acid groups (broad SMARTS) is 1. The van der Waals surface area contributed by atoms with Crippen molar-refractivity contribution in [2.45, 2.75) is 26.1 Å². The van der Waals surface area contributed by atoms with Crippen LogP contribution in [0.2, 0.25) is 0 Å². The van der Waals surface area contributed by atoms with Crippen LogP contribution in [0.15, 0.2) is 29.5 Å². The van der Waals surface area contributed by atoms with E-state index in [0.29, 0.717) is 18.4 Å². The molecule has 5 nitrogen and oxygen atoms in total. The number of carboxylic acids is 1. The minimum Gasteiger partial charge on any atom is -0.475 e. The van der Waals surface area contributed by atoms with Crippen LogP contribution in [0.4, 0.5) is 13.2 Å². The maximum absolute atomic E-state index is 12.7. The summed E-state index contributed by atoms with van der Waals surface area (Å²) in [6, 6.07) is 2.18. The third kappa shape index (κ3) is 4.90. The van der Waals surface area contributed by atoms with Crippen LogP contribution in [0.5, 0.6) is 0 Å². The number of hydrogen-bond donors (Lipinski definition) is 1. The van der Waals surface area contributed by atoms with Crippen molar-refractivity contribution in [2.75, 3.05) is 26.2 Å². The first kappa shape index (κ1) is 21.4. The Labute approximate surface area is 160 Å². The number of carbonyl (C=O) groups excluding carboxylic acids is 1. The molecule has 1 spiro atoms. The fourth-order valence-corrected chi connectivity index (χ4v) is 4.39. The first-order valence-corrected chi connectivity index (χ1v) is 9.48. The number of alkyl halides is 3. The predicted octanol–water partition coefficient (Wildman–Crippen LogP) is 3.24. The number of aliphatic carboxylic acids is 1. The highest BCUT2D eigenvalue weighted by Gasteiger charge is 2.54. The van der Waals surface area contributed by atoms with Gasteiger partial charge >= 0.3 is 12.1 Å². The lowest BCUT2D eigenvalue weighted by Crippen LogP contribution is -2.39. The predicted molar refractivity (Wildman–Crippen MR) is 96.3 cm³/mol. The molecular weight excluding hydrogens is 381 g/mol. The zero-order valence-electron chi connectivity index (χ0n) is 15.0. The first-order valence-electron chi connectivity index (χ1n) is 8.54. The number of hydrogen-bond acceptors (Lipinski definition) is 4. The lowest BCUT2D eigenvalue weighted by Gasteiger charge is -2.26. The summed E-state index contributed by atoms with van der Waals surface area (Å²) in [5.41, 5.74) is 1.23. The van der Waals surface area contributed by atoms with Crippen molar-refractivity contribution in [3.63, 3.8) is 0 Å². The number of halogens is 3. The largest absolute Gasteiger partial charge is 0.490 e. The van der Waals surface area contributed by atoms with E-state index in [2.05, 4.69) is 35.2 Å². The van der Waals surface area contributed by atoms with Gasteiger partial charge in [-0.3, -0.25) is 9.69 Å². The van der Waals surface area contributed by atoms with Gasteiger partial charge in [-0.05, 0) is 34.7 Å². The van der Waals surface area contributed by atoms with E-state index in [4.69, 9.17) is 9.90 Å². The Hall–Kier alpha value is -1.87. The molecule has 0 aromatic carbocycles. The van der Waals surface area contributed by atoms with E-state index >= 15 is 0 Å². The molecule has 2 aliphatic rings. The van der Waals surface area contributed by atoms with Crippen molar-refractivity contribution < 1.29 is 27.9 Å². The van der Waals surface area contributed by atoms with Gasteiger partial charge in [0, 0.05) is 32.7 Å². The second kappa shape index (κ2) is 8.43. The van der Waals surface area contributed by atoms with Gasteiger partial charge in [-0.1, -0.05) is 13.0 Å². The van der Waals surface area contributed by atoms with Gasteiger partial charge in [0.1, 0.15) is 0 Å². The zero-order valence-corrected chi connectivity index (χ0v) is 15.9. The van der Waals surface area contributed by atoms with E-state index in [9.17, 15) is 18.0 Å². The van der Waals surface area contributed by atoms with Crippen molar-refractivity contribution in [3.05, 3.63) is 35.0 Å². The van der Waals surface area contributed by atoms with Gasteiger partial charge in [-0.15, -0.1) is 6.58 Å². The molecule has 2 atom stereocenters. The van der Waals surface area contributed by atoms with Crippen LogP contribution in [-0.2, 0) is 16.1 Å². The summed E-state index contributed by atoms with van der Waals surface area (Å²) in [5, 5.41) is 11.5. The van der Waals surface area contributed by atoms with E-state index in [-0.39, 0.29) is 5.41 Å². The third-order valence-corrected chi connectivity index (χ3v) is 5.83.